The zero-order valence-corrected chi connectivity index (χ0v) is 11.8. The topological polar surface area (TPSA) is 70.6 Å². The van der Waals surface area contributed by atoms with Gasteiger partial charge in [0.05, 0.1) is 5.92 Å². The number of aryl methyl sites for hydroxylation is 1. The van der Waals surface area contributed by atoms with Crippen molar-refractivity contribution < 1.29 is 9.60 Å². The minimum atomic E-state index is -0.294. The number of anilines is 1. The first kappa shape index (κ1) is 14.8. The van der Waals surface area contributed by atoms with Crippen LogP contribution in [0.25, 0.3) is 0 Å². The molecule has 2 rings (SSSR count). The van der Waals surface area contributed by atoms with Crippen molar-refractivity contribution in [3.05, 3.63) is 65.5 Å². The van der Waals surface area contributed by atoms with Crippen LogP contribution in [-0.2, 0) is 0 Å². The molecular formula is C16H18FN3O. The molecule has 1 atom stereocenters. The molecule has 0 saturated carbocycles. The van der Waals surface area contributed by atoms with E-state index in [4.69, 9.17) is 10.9 Å². The fraction of sp³-hybridized carbons (Fsp3) is 0.188. The Morgan fingerprint density at radius 2 is 2.00 bits per heavy atom. The van der Waals surface area contributed by atoms with Crippen molar-refractivity contribution >= 4 is 11.5 Å². The van der Waals surface area contributed by atoms with Crippen LogP contribution < -0.4 is 11.1 Å². The Morgan fingerprint density at radius 3 is 2.62 bits per heavy atom. The van der Waals surface area contributed by atoms with E-state index in [0.29, 0.717) is 12.2 Å². The van der Waals surface area contributed by atoms with E-state index in [-0.39, 0.29) is 17.6 Å². The number of nitrogens with zero attached hydrogens (tertiary/aromatic N) is 1. The Kier molecular flexibility index (Phi) is 4.77. The summed E-state index contributed by atoms with van der Waals surface area (Å²) < 4.78 is 13.4. The van der Waals surface area contributed by atoms with E-state index < -0.39 is 0 Å². The van der Waals surface area contributed by atoms with Gasteiger partial charge in [0.25, 0.3) is 0 Å². The summed E-state index contributed by atoms with van der Waals surface area (Å²) >= 11 is 0. The van der Waals surface area contributed by atoms with Gasteiger partial charge in [0, 0.05) is 12.2 Å². The molecule has 0 spiro atoms. The number of benzene rings is 2. The molecule has 2 aromatic carbocycles. The summed E-state index contributed by atoms with van der Waals surface area (Å²) in [5, 5.41) is 15.1. The Labute approximate surface area is 123 Å². The third-order valence-electron chi connectivity index (χ3n) is 3.23. The van der Waals surface area contributed by atoms with Crippen LogP contribution in [0.3, 0.4) is 0 Å². The van der Waals surface area contributed by atoms with E-state index in [1.165, 1.54) is 12.1 Å². The quantitative estimate of drug-likeness (QED) is 0.342. The summed E-state index contributed by atoms with van der Waals surface area (Å²) in [7, 11) is 0. The maximum Gasteiger partial charge on any atom is 0.148 e. The van der Waals surface area contributed by atoms with Crippen molar-refractivity contribution in [2.75, 3.05) is 11.9 Å². The Bertz CT molecular complexity index is 608. The number of amidine groups is 1. The van der Waals surface area contributed by atoms with Gasteiger partial charge in [0.15, 0.2) is 0 Å². The molecular weight excluding hydrogens is 269 g/mol. The van der Waals surface area contributed by atoms with Crippen molar-refractivity contribution in [2.24, 2.45) is 10.9 Å². The minimum Gasteiger partial charge on any atom is -0.409 e. The van der Waals surface area contributed by atoms with E-state index in [1.807, 2.05) is 43.3 Å². The highest BCUT2D eigenvalue weighted by Crippen LogP contribution is 2.19. The minimum absolute atomic E-state index is 0.113. The van der Waals surface area contributed by atoms with E-state index in [1.54, 1.807) is 0 Å². The van der Waals surface area contributed by atoms with Gasteiger partial charge in [-0.25, -0.2) is 4.39 Å². The van der Waals surface area contributed by atoms with Gasteiger partial charge in [0.2, 0.25) is 0 Å². The molecule has 21 heavy (non-hydrogen) atoms. The first-order chi connectivity index (χ1) is 10.1. The van der Waals surface area contributed by atoms with Crippen LogP contribution in [0.5, 0.6) is 0 Å². The average molecular weight is 287 g/mol. The van der Waals surface area contributed by atoms with Crippen molar-refractivity contribution in [2.45, 2.75) is 12.8 Å². The number of halogens is 1. The molecule has 4 N–H and O–H groups in total. The number of oxime groups is 1. The van der Waals surface area contributed by atoms with Crippen LogP contribution in [0.1, 0.15) is 17.0 Å². The predicted octanol–water partition coefficient (Wildman–Crippen LogP) is 3.08. The average Bonchev–Trinajstić information content (AvgIpc) is 2.47. The SMILES string of the molecule is Cc1cc(F)cc(NCC(C(N)=NO)c2ccccc2)c1. The Morgan fingerprint density at radius 1 is 1.29 bits per heavy atom. The van der Waals surface area contributed by atoms with Gasteiger partial charge in [-0.15, -0.1) is 0 Å². The van der Waals surface area contributed by atoms with Gasteiger partial charge in [-0.1, -0.05) is 35.5 Å². The third-order valence-corrected chi connectivity index (χ3v) is 3.23. The van der Waals surface area contributed by atoms with E-state index in [2.05, 4.69) is 10.5 Å². The van der Waals surface area contributed by atoms with Gasteiger partial charge in [0.1, 0.15) is 11.7 Å². The highest BCUT2D eigenvalue weighted by atomic mass is 19.1. The second-order valence-electron chi connectivity index (χ2n) is 4.89. The zero-order chi connectivity index (χ0) is 15.2. The lowest BCUT2D eigenvalue weighted by molar-refractivity contribution is 0.316. The van der Waals surface area contributed by atoms with Crippen molar-refractivity contribution in [1.29, 1.82) is 0 Å². The van der Waals surface area contributed by atoms with Crippen LogP contribution in [0.4, 0.5) is 10.1 Å². The highest BCUT2D eigenvalue weighted by Gasteiger charge is 2.16. The predicted molar refractivity (Wildman–Crippen MR) is 82.2 cm³/mol. The van der Waals surface area contributed by atoms with Gasteiger partial charge in [-0.05, 0) is 36.2 Å². The first-order valence-corrected chi connectivity index (χ1v) is 6.63. The maximum atomic E-state index is 13.4. The first-order valence-electron chi connectivity index (χ1n) is 6.63. The number of hydrogen-bond donors (Lipinski definition) is 3. The van der Waals surface area contributed by atoms with Crippen LogP contribution in [-0.4, -0.2) is 17.6 Å². The van der Waals surface area contributed by atoms with Gasteiger partial charge in [-0.3, -0.25) is 0 Å². The molecule has 0 aliphatic carbocycles. The normalized spacial score (nSPS) is 13.0. The van der Waals surface area contributed by atoms with E-state index in [9.17, 15) is 4.39 Å². The molecule has 0 saturated heterocycles. The molecule has 0 fully saturated rings. The fourth-order valence-electron chi connectivity index (χ4n) is 2.21. The van der Waals surface area contributed by atoms with Crippen LogP contribution in [0.2, 0.25) is 0 Å². The third kappa shape index (κ3) is 3.95. The summed E-state index contributed by atoms with van der Waals surface area (Å²) in [6.45, 7) is 2.23. The molecule has 0 amide bonds. The van der Waals surface area contributed by atoms with Gasteiger partial charge in [-0.2, -0.15) is 0 Å². The van der Waals surface area contributed by atoms with E-state index >= 15 is 0 Å². The molecule has 2 aromatic rings. The zero-order valence-electron chi connectivity index (χ0n) is 11.8. The summed E-state index contributed by atoms with van der Waals surface area (Å²) in [4.78, 5) is 0. The molecule has 5 heteroatoms. The maximum absolute atomic E-state index is 13.4. The number of hydrogen-bond acceptors (Lipinski definition) is 3. The Hall–Kier alpha value is -2.56. The lowest BCUT2D eigenvalue weighted by atomic mass is 9.98. The fourth-order valence-corrected chi connectivity index (χ4v) is 2.21. The van der Waals surface area contributed by atoms with Crippen LogP contribution >= 0.6 is 0 Å². The monoisotopic (exact) mass is 287 g/mol. The smallest absolute Gasteiger partial charge is 0.148 e. The molecule has 110 valence electrons. The van der Waals surface area contributed by atoms with Gasteiger partial charge >= 0.3 is 0 Å². The van der Waals surface area contributed by atoms with Crippen molar-refractivity contribution in [1.82, 2.24) is 0 Å². The lowest BCUT2D eigenvalue weighted by Crippen LogP contribution is -2.28. The highest BCUT2D eigenvalue weighted by molar-refractivity contribution is 5.87. The standard InChI is InChI=1S/C16H18FN3O/c1-11-7-13(17)9-14(8-11)19-10-15(16(18)20-21)12-5-3-2-4-6-12/h2-9,15,19,21H,10H2,1H3,(H2,18,20). The van der Waals surface area contributed by atoms with Crippen molar-refractivity contribution in [3.63, 3.8) is 0 Å². The molecule has 0 aliphatic heterocycles. The van der Waals surface area contributed by atoms with Crippen LogP contribution in [0, 0.1) is 12.7 Å². The molecule has 4 nitrogen and oxygen atoms in total. The van der Waals surface area contributed by atoms with Crippen LogP contribution in [0.15, 0.2) is 53.7 Å². The lowest BCUT2D eigenvalue weighted by Gasteiger charge is -2.17. The second kappa shape index (κ2) is 6.74. The summed E-state index contributed by atoms with van der Waals surface area (Å²) in [6, 6.07) is 14.2. The molecule has 0 aliphatic rings. The molecule has 0 bridgehead atoms. The molecule has 0 radical (unpaired) electrons. The van der Waals surface area contributed by atoms with Gasteiger partial charge < -0.3 is 16.3 Å². The van der Waals surface area contributed by atoms with Crippen molar-refractivity contribution in [3.8, 4) is 0 Å². The number of nitrogens with one attached hydrogen (secondary N) is 1. The summed E-state index contributed by atoms with van der Waals surface area (Å²) in [5.74, 6) is -0.473. The molecule has 0 aromatic heterocycles. The summed E-state index contributed by atoms with van der Waals surface area (Å²) in [5.41, 5.74) is 8.18. The largest absolute Gasteiger partial charge is 0.409 e. The molecule has 1 unspecified atom stereocenters. The number of rotatable bonds is 5. The van der Waals surface area contributed by atoms with E-state index in [0.717, 1.165) is 11.1 Å². The number of nitrogens with two attached hydrogens (primary N) is 1. The molecule has 0 heterocycles. The Balaban J connectivity index is 2.17. The summed E-state index contributed by atoms with van der Waals surface area (Å²) in [6.07, 6.45) is 0. The second-order valence-corrected chi connectivity index (χ2v) is 4.89.